The molecule has 1 heterocycles. The zero-order valence-corrected chi connectivity index (χ0v) is 19.5. The van der Waals surface area contributed by atoms with Crippen molar-refractivity contribution in [1.29, 1.82) is 0 Å². The molecule has 1 saturated heterocycles. The van der Waals surface area contributed by atoms with E-state index in [9.17, 15) is 9.18 Å². The first-order chi connectivity index (χ1) is 12.2. The molecule has 1 N–H and O–H groups in total. The standard InChI is InChI=1S/C19H28ClFN4O.HI/c1-5-22-18(25-10-8-24(9-11-25)14(2)26)23-13-19(3,4)16-7-6-15(21)12-17(16)20;/h6-7,12H,5,8-11,13H2,1-4H3,(H,22,23);1H. The third-order valence-corrected chi connectivity index (χ3v) is 4.96. The number of rotatable bonds is 4. The van der Waals surface area contributed by atoms with Crippen LogP contribution in [-0.2, 0) is 10.2 Å². The van der Waals surface area contributed by atoms with Crippen molar-refractivity contribution in [3.8, 4) is 0 Å². The molecule has 0 spiro atoms. The van der Waals surface area contributed by atoms with E-state index in [2.05, 4.69) is 10.2 Å². The second-order valence-corrected chi connectivity index (χ2v) is 7.58. The van der Waals surface area contributed by atoms with E-state index in [1.807, 2.05) is 25.7 Å². The van der Waals surface area contributed by atoms with Crippen LogP contribution in [0.3, 0.4) is 0 Å². The maximum Gasteiger partial charge on any atom is 0.219 e. The number of benzene rings is 1. The van der Waals surface area contributed by atoms with Gasteiger partial charge in [0.1, 0.15) is 5.82 Å². The summed E-state index contributed by atoms with van der Waals surface area (Å²) < 4.78 is 13.3. The molecule has 0 aliphatic carbocycles. The van der Waals surface area contributed by atoms with Crippen molar-refractivity contribution in [3.05, 3.63) is 34.6 Å². The predicted octanol–water partition coefficient (Wildman–Crippen LogP) is 3.50. The number of amides is 1. The van der Waals surface area contributed by atoms with Crippen molar-refractivity contribution in [1.82, 2.24) is 15.1 Å². The minimum Gasteiger partial charge on any atom is -0.357 e. The number of hydrogen-bond donors (Lipinski definition) is 1. The Balaban J connectivity index is 0.00000364. The van der Waals surface area contributed by atoms with Crippen LogP contribution < -0.4 is 5.32 Å². The van der Waals surface area contributed by atoms with Gasteiger partial charge in [-0.15, -0.1) is 24.0 Å². The minimum atomic E-state index is -0.338. The van der Waals surface area contributed by atoms with E-state index in [1.54, 1.807) is 13.0 Å². The normalized spacial score (nSPS) is 15.4. The molecule has 5 nitrogen and oxygen atoms in total. The van der Waals surface area contributed by atoms with Crippen molar-refractivity contribution in [2.75, 3.05) is 39.3 Å². The largest absolute Gasteiger partial charge is 0.357 e. The number of aliphatic imine (C=N–C) groups is 1. The van der Waals surface area contributed by atoms with Crippen molar-refractivity contribution >= 4 is 47.4 Å². The highest BCUT2D eigenvalue weighted by atomic mass is 127. The first-order valence-electron chi connectivity index (χ1n) is 8.99. The van der Waals surface area contributed by atoms with Gasteiger partial charge >= 0.3 is 0 Å². The van der Waals surface area contributed by atoms with Gasteiger partial charge in [-0.05, 0) is 24.6 Å². The zero-order chi connectivity index (χ0) is 19.3. The molecule has 1 fully saturated rings. The summed E-state index contributed by atoms with van der Waals surface area (Å²) in [5, 5.41) is 3.75. The van der Waals surface area contributed by atoms with Crippen molar-refractivity contribution < 1.29 is 9.18 Å². The molecule has 2 rings (SSSR count). The van der Waals surface area contributed by atoms with Gasteiger partial charge < -0.3 is 15.1 Å². The highest BCUT2D eigenvalue weighted by Crippen LogP contribution is 2.30. The van der Waals surface area contributed by atoms with Gasteiger partial charge in [0.05, 0.1) is 6.54 Å². The fraction of sp³-hybridized carbons (Fsp3) is 0.579. The number of nitrogens with zero attached hydrogens (tertiary/aromatic N) is 3. The van der Waals surface area contributed by atoms with Crippen LogP contribution in [-0.4, -0.2) is 60.9 Å². The Kier molecular flexibility index (Phi) is 9.27. The lowest BCUT2D eigenvalue weighted by Gasteiger charge is -2.36. The second-order valence-electron chi connectivity index (χ2n) is 7.17. The minimum absolute atomic E-state index is 0. The molecule has 0 bridgehead atoms. The molecular weight excluding hydrogens is 482 g/mol. The summed E-state index contributed by atoms with van der Waals surface area (Å²) in [6.07, 6.45) is 0. The molecule has 0 unspecified atom stereocenters. The van der Waals surface area contributed by atoms with E-state index in [-0.39, 0.29) is 41.1 Å². The molecule has 1 aromatic rings. The molecular formula is C19H29ClFIN4O. The Morgan fingerprint density at radius 3 is 2.37 bits per heavy atom. The lowest BCUT2D eigenvalue weighted by atomic mass is 9.84. The number of guanidine groups is 1. The summed E-state index contributed by atoms with van der Waals surface area (Å²) in [5.41, 5.74) is 0.550. The average Bonchev–Trinajstić information content (AvgIpc) is 2.58. The molecule has 27 heavy (non-hydrogen) atoms. The number of hydrogen-bond acceptors (Lipinski definition) is 2. The second kappa shape index (κ2) is 10.5. The molecule has 0 atom stereocenters. The summed E-state index contributed by atoms with van der Waals surface area (Å²) >= 11 is 6.23. The van der Waals surface area contributed by atoms with Gasteiger partial charge in [0.2, 0.25) is 5.91 Å². The monoisotopic (exact) mass is 510 g/mol. The van der Waals surface area contributed by atoms with Crippen LogP contribution in [0.25, 0.3) is 0 Å². The molecule has 0 aromatic heterocycles. The Morgan fingerprint density at radius 1 is 1.26 bits per heavy atom. The topological polar surface area (TPSA) is 47.9 Å². The van der Waals surface area contributed by atoms with Crippen LogP contribution >= 0.6 is 35.6 Å². The van der Waals surface area contributed by atoms with E-state index in [1.165, 1.54) is 12.1 Å². The summed E-state index contributed by atoms with van der Waals surface area (Å²) in [4.78, 5) is 20.3. The quantitative estimate of drug-likeness (QED) is 0.383. The molecule has 0 saturated carbocycles. The Bertz CT molecular complexity index is 676. The maximum atomic E-state index is 13.3. The van der Waals surface area contributed by atoms with Crippen LogP contribution in [0.5, 0.6) is 0 Å². The third-order valence-electron chi connectivity index (χ3n) is 4.64. The molecule has 1 aromatic carbocycles. The smallest absolute Gasteiger partial charge is 0.219 e. The van der Waals surface area contributed by atoms with E-state index in [0.717, 1.165) is 31.2 Å². The summed E-state index contributed by atoms with van der Waals surface area (Å²) in [7, 11) is 0. The van der Waals surface area contributed by atoms with Crippen molar-refractivity contribution in [2.24, 2.45) is 4.99 Å². The van der Waals surface area contributed by atoms with Gasteiger partial charge in [-0.3, -0.25) is 9.79 Å². The van der Waals surface area contributed by atoms with Crippen molar-refractivity contribution in [2.45, 2.75) is 33.1 Å². The van der Waals surface area contributed by atoms with Crippen LogP contribution in [0.15, 0.2) is 23.2 Å². The predicted molar refractivity (Wildman–Crippen MR) is 120 cm³/mol. The summed E-state index contributed by atoms with van der Waals surface area (Å²) in [6, 6.07) is 4.50. The molecule has 152 valence electrons. The lowest BCUT2D eigenvalue weighted by molar-refractivity contribution is -0.130. The first kappa shape index (κ1) is 23.9. The van der Waals surface area contributed by atoms with Gasteiger partial charge in [0, 0.05) is 50.1 Å². The first-order valence-corrected chi connectivity index (χ1v) is 9.36. The summed E-state index contributed by atoms with van der Waals surface area (Å²) in [6.45, 7) is 11.9. The summed E-state index contributed by atoms with van der Waals surface area (Å²) in [5.74, 6) is 0.607. The van der Waals surface area contributed by atoms with Crippen LogP contribution in [0.1, 0.15) is 33.3 Å². The van der Waals surface area contributed by atoms with Crippen LogP contribution in [0.2, 0.25) is 5.02 Å². The SMILES string of the molecule is CCNC(=NCC(C)(C)c1ccc(F)cc1Cl)N1CCN(C(C)=O)CC1.I. The Labute approximate surface area is 183 Å². The van der Waals surface area contributed by atoms with E-state index in [0.29, 0.717) is 24.7 Å². The van der Waals surface area contributed by atoms with E-state index >= 15 is 0 Å². The molecule has 1 aliphatic rings. The fourth-order valence-electron chi connectivity index (χ4n) is 3.06. The maximum absolute atomic E-state index is 13.3. The number of carbonyl (C=O) groups excluding carboxylic acids is 1. The van der Waals surface area contributed by atoms with Crippen LogP contribution in [0, 0.1) is 5.82 Å². The van der Waals surface area contributed by atoms with E-state index in [4.69, 9.17) is 16.6 Å². The average molecular weight is 511 g/mol. The molecule has 8 heteroatoms. The number of halogens is 3. The van der Waals surface area contributed by atoms with Gasteiger partial charge in [-0.25, -0.2) is 4.39 Å². The van der Waals surface area contributed by atoms with Crippen LogP contribution in [0.4, 0.5) is 4.39 Å². The highest BCUT2D eigenvalue weighted by Gasteiger charge is 2.25. The Morgan fingerprint density at radius 2 is 1.85 bits per heavy atom. The Hall–Kier alpha value is -1.09. The van der Waals surface area contributed by atoms with Gasteiger partial charge in [0.15, 0.2) is 5.96 Å². The molecule has 1 aliphatic heterocycles. The lowest BCUT2D eigenvalue weighted by Crippen LogP contribution is -2.53. The van der Waals surface area contributed by atoms with E-state index < -0.39 is 0 Å². The number of nitrogens with one attached hydrogen (secondary N) is 1. The number of piperazine rings is 1. The van der Waals surface area contributed by atoms with Gasteiger partial charge in [-0.1, -0.05) is 31.5 Å². The van der Waals surface area contributed by atoms with Crippen molar-refractivity contribution in [3.63, 3.8) is 0 Å². The fourth-order valence-corrected chi connectivity index (χ4v) is 3.48. The highest BCUT2D eigenvalue weighted by molar-refractivity contribution is 14.0. The van der Waals surface area contributed by atoms with Gasteiger partial charge in [0.25, 0.3) is 0 Å². The third kappa shape index (κ3) is 6.48. The van der Waals surface area contributed by atoms with Gasteiger partial charge in [-0.2, -0.15) is 0 Å². The number of carbonyl (C=O) groups is 1. The zero-order valence-electron chi connectivity index (χ0n) is 16.4. The molecule has 0 radical (unpaired) electrons. The molecule has 1 amide bonds.